The van der Waals surface area contributed by atoms with Gasteiger partial charge < -0.3 is 10.2 Å². The van der Waals surface area contributed by atoms with Crippen molar-refractivity contribution in [2.45, 2.75) is 44.4 Å². The Balaban J connectivity index is 2.87. The molecule has 0 radical (unpaired) electrons. The predicted octanol–water partition coefficient (Wildman–Crippen LogP) is 3.47. The fourth-order valence-electron chi connectivity index (χ4n) is 2.50. The van der Waals surface area contributed by atoms with Crippen LogP contribution in [0.3, 0.4) is 0 Å². The number of aryl methyl sites for hydroxylation is 1. The lowest BCUT2D eigenvalue weighted by Gasteiger charge is -2.16. The van der Waals surface area contributed by atoms with E-state index in [1.807, 2.05) is 0 Å². The molecule has 0 aliphatic heterocycles. The summed E-state index contributed by atoms with van der Waals surface area (Å²) in [4.78, 5) is -0.0737. The standard InChI is InChI=1S/C17H20O4S/c1-9-6-7-14(18)17(10(9)2)22(20,21)16-8-15(19)12(4)11(3)13(16)5/h6-8,18-19H,1-5H3. The van der Waals surface area contributed by atoms with Gasteiger partial charge in [0.1, 0.15) is 16.4 Å². The number of aromatic hydroxyl groups is 2. The van der Waals surface area contributed by atoms with Crippen molar-refractivity contribution in [3.8, 4) is 11.5 Å². The number of sulfone groups is 1. The second kappa shape index (κ2) is 5.32. The monoisotopic (exact) mass is 320 g/mol. The Bertz CT molecular complexity index is 865. The Labute approximate surface area is 131 Å². The molecule has 2 aromatic carbocycles. The first-order valence-corrected chi connectivity index (χ1v) is 8.41. The number of phenols is 2. The zero-order valence-corrected chi connectivity index (χ0v) is 14.2. The second-order valence-corrected chi connectivity index (χ2v) is 7.48. The molecular formula is C17H20O4S. The molecule has 0 aromatic heterocycles. The Hall–Kier alpha value is -2.01. The van der Waals surface area contributed by atoms with Crippen LogP contribution in [0.25, 0.3) is 0 Å². The van der Waals surface area contributed by atoms with E-state index in [0.717, 1.165) is 11.1 Å². The van der Waals surface area contributed by atoms with Crippen LogP contribution in [0.5, 0.6) is 11.5 Å². The molecule has 118 valence electrons. The van der Waals surface area contributed by atoms with E-state index >= 15 is 0 Å². The molecule has 2 aromatic rings. The van der Waals surface area contributed by atoms with Crippen LogP contribution >= 0.6 is 0 Å². The number of hydrogen-bond donors (Lipinski definition) is 2. The lowest BCUT2D eigenvalue weighted by Crippen LogP contribution is -2.09. The van der Waals surface area contributed by atoms with E-state index in [1.54, 1.807) is 40.7 Å². The first-order valence-electron chi connectivity index (χ1n) is 6.93. The summed E-state index contributed by atoms with van der Waals surface area (Å²) in [5.74, 6) is -0.341. The minimum Gasteiger partial charge on any atom is -0.508 e. The van der Waals surface area contributed by atoms with Gasteiger partial charge in [-0.05, 0) is 74.6 Å². The normalized spacial score (nSPS) is 11.7. The van der Waals surface area contributed by atoms with Crippen molar-refractivity contribution in [2.24, 2.45) is 0 Å². The molecule has 0 aliphatic rings. The molecule has 0 spiro atoms. The number of rotatable bonds is 2. The molecule has 0 amide bonds. The van der Waals surface area contributed by atoms with Crippen LogP contribution < -0.4 is 0 Å². The maximum Gasteiger partial charge on any atom is 0.210 e. The van der Waals surface area contributed by atoms with E-state index in [9.17, 15) is 18.6 Å². The zero-order chi connectivity index (χ0) is 16.8. The van der Waals surface area contributed by atoms with Crippen molar-refractivity contribution in [3.05, 3.63) is 46.0 Å². The van der Waals surface area contributed by atoms with Gasteiger partial charge in [0.2, 0.25) is 9.84 Å². The third-order valence-electron chi connectivity index (χ3n) is 4.36. The molecule has 0 saturated carbocycles. The summed E-state index contributed by atoms with van der Waals surface area (Å²) in [6, 6.07) is 4.31. The van der Waals surface area contributed by atoms with Gasteiger partial charge in [-0.1, -0.05) is 6.07 Å². The van der Waals surface area contributed by atoms with Crippen LogP contribution in [0.1, 0.15) is 27.8 Å². The maximum atomic E-state index is 13.0. The van der Waals surface area contributed by atoms with Gasteiger partial charge in [0, 0.05) is 0 Å². The predicted molar refractivity (Wildman–Crippen MR) is 85.4 cm³/mol. The number of phenolic OH excluding ortho intramolecular Hbond substituents is 2. The Morgan fingerprint density at radius 3 is 1.95 bits per heavy atom. The van der Waals surface area contributed by atoms with Crippen LogP contribution in [-0.2, 0) is 9.84 Å². The highest BCUT2D eigenvalue weighted by Crippen LogP contribution is 2.37. The van der Waals surface area contributed by atoms with Gasteiger partial charge in [0.05, 0.1) is 4.90 Å². The number of hydrogen-bond acceptors (Lipinski definition) is 4. The largest absolute Gasteiger partial charge is 0.508 e. The second-order valence-electron chi connectivity index (χ2n) is 5.63. The summed E-state index contributed by atoms with van der Waals surface area (Å²) in [5.41, 5.74) is 3.25. The van der Waals surface area contributed by atoms with Gasteiger partial charge >= 0.3 is 0 Å². The summed E-state index contributed by atoms with van der Waals surface area (Å²) in [7, 11) is -3.93. The molecule has 2 N–H and O–H groups in total. The lowest BCUT2D eigenvalue weighted by molar-refractivity contribution is 0.456. The van der Waals surface area contributed by atoms with Gasteiger partial charge in [-0.2, -0.15) is 0 Å². The van der Waals surface area contributed by atoms with Gasteiger partial charge in [-0.3, -0.25) is 0 Å². The molecule has 22 heavy (non-hydrogen) atoms. The molecule has 0 bridgehead atoms. The third-order valence-corrected chi connectivity index (χ3v) is 6.42. The van der Waals surface area contributed by atoms with Crippen molar-refractivity contribution in [1.82, 2.24) is 0 Å². The van der Waals surface area contributed by atoms with E-state index < -0.39 is 9.84 Å². The van der Waals surface area contributed by atoms with Gasteiger partial charge in [-0.25, -0.2) is 8.42 Å². The molecular weight excluding hydrogens is 300 g/mol. The summed E-state index contributed by atoms with van der Waals surface area (Å²) in [5, 5.41) is 20.0. The molecule has 0 aliphatic carbocycles. The molecule has 0 heterocycles. The van der Waals surface area contributed by atoms with Crippen LogP contribution in [0.4, 0.5) is 0 Å². The smallest absolute Gasteiger partial charge is 0.210 e. The molecule has 0 saturated heterocycles. The Morgan fingerprint density at radius 1 is 0.773 bits per heavy atom. The lowest BCUT2D eigenvalue weighted by atomic mass is 10.0. The highest BCUT2D eigenvalue weighted by atomic mass is 32.2. The first-order chi connectivity index (χ1) is 10.1. The average Bonchev–Trinajstić information content (AvgIpc) is 2.44. The summed E-state index contributed by atoms with van der Waals surface area (Å²) in [6.45, 7) is 8.67. The molecule has 0 unspecified atom stereocenters. The summed E-state index contributed by atoms with van der Waals surface area (Å²) < 4.78 is 26.0. The van der Waals surface area contributed by atoms with Crippen molar-refractivity contribution in [3.63, 3.8) is 0 Å². The minimum absolute atomic E-state index is 0.0251. The average molecular weight is 320 g/mol. The van der Waals surface area contributed by atoms with Crippen molar-refractivity contribution in [1.29, 1.82) is 0 Å². The third kappa shape index (κ3) is 2.35. The SMILES string of the molecule is Cc1ccc(O)c(S(=O)(=O)c2cc(O)c(C)c(C)c2C)c1C. The van der Waals surface area contributed by atoms with Crippen LogP contribution in [0.15, 0.2) is 28.0 Å². The van der Waals surface area contributed by atoms with E-state index in [2.05, 4.69) is 0 Å². The molecule has 0 fully saturated rings. The Kier molecular flexibility index (Phi) is 3.96. The molecule has 5 heteroatoms. The van der Waals surface area contributed by atoms with Crippen LogP contribution in [0.2, 0.25) is 0 Å². The molecule has 4 nitrogen and oxygen atoms in total. The zero-order valence-electron chi connectivity index (χ0n) is 13.4. The van der Waals surface area contributed by atoms with Crippen molar-refractivity contribution < 1.29 is 18.6 Å². The van der Waals surface area contributed by atoms with E-state index in [-0.39, 0.29) is 21.3 Å². The fourth-order valence-corrected chi connectivity index (χ4v) is 4.45. The van der Waals surface area contributed by atoms with Crippen LogP contribution in [0, 0.1) is 34.6 Å². The quantitative estimate of drug-likeness (QED) is 0.888. The first kappa shape index (κ1) is 16.4. The fraction of sp³-hybridized carbons (Fsp3) is 0.294. The van der Waals surface area contributed by atoms with E-state index in [0.29, 0.717) is 16.7 Å². The molecule has 2 rings (SSSR count). The minimum atomic E-state index is -3.93. The summed E-state index contributed by atoms with van der Waals surface area (Å²) in [6.07, 6.45) is 0. The highest BCUT2D eigenvalue weighted by molar-refractivity contribution is 7.91. The Morgan fingerprint density at radius 2 is 1.36 bits per heavy atom. The number of benzene rings is 2. The topological polar surface area (TPSA) is 74.6 Å². The van der Waals surface area contributed by atoms with E-state index in [4.69, 9.17) is 0 Å². The van der Waals surface area contributed by atoms with Gasteiger partial charge in [-0.15, -0.1) is 0 Å². The van der Waals surface area contributed by atoms with Crippen molar-refractivity contribution >= 4 is 9.84 Å². The van der Waals surface area contributed by atoms with Crippen molar-refractivity contribution in [2.75, 3.05) is 0 Å². The highest BCUT2D eigenvalue weighted by Gasteiger charge is 2.28. The van der Waals surface area contributed by atoms with Gasteiger partial charge in [0.15, 0.2) is 0 Å². The van der Waals surface area contributed by atoms with Gasteiger partial charge in [0.25, 0.3) is 0 Å². The van der Waals surface area contributed by atoms with Crippen LogP contribution in [-0.4, -0.2) is 18.6 Å². The molecule has 0 atom stereocenters. The maximum absolute atomic E-state index is 13.0. The summed E-state index contributed by atoms with van der Waals surface area (Å²) >= 11 is 0. The van der Waals surface area contributed by atoms with E-state index in [1.165, 1.54) is 12.1 Å².